The van der Waals surface area contributed by atoms with Crippen molar-refractivity contribution in [2.75, 3.05) is 11.9 Å². The highest BCUT2D eigenvalue weighted by molar-refractivity contribution is 5.94. The molecule has 0 bridgehead atoms. The second-order valence-corrected chi connectivity index (χ2v) is 6.15. The predicted molar refractivity (Wildman–Crippen MR) is 94.5 cm³/mol. The van der Waals surface area contributed by atoms with Gasteiger partial charge in [-0.2, -0.15) is 0 Å². The van der Waals surface area contributed by atoms with Crippen LogP contribution in [0.25, 0.3) is 0 Å². The number of pyridine rings is 1. The Bertz CT molecular complexity index is 653. The molecule has 0 aliphatic heterocycles. The van der Waals surface area contributed by atoms with Gasteiger partial charge >= 0.3 is 0 Å². The van der Waals surface area contributed by atoms with Crippen molar-refractivity contribution in [3.05, 3.63) is 59.3 Å². The first-order chi connectivity index (χ1) is 11.1. The van der Waals surface area contributed by atoms with E-state index in [1.165, 1.54) is 5.56 Å². The Balaban J connectivity index is 1.93. The molecule has 0 radical (unpaired) electrons. The summed E-state index contributed by atoms with van der Waals surface area (Å²) in [6.45, 7) is 7.81. The molecule has 0 spiro atoms. The van der Waals surface area contributed by atoms with E-state index in [0.717, 1.165) is 24.3 Å². The Morgan fingerprint density at radius 2 is 2.00 bits per heavy atom. The third kappa shape index (κ3) is 5.40. The van der Waals surface area contributed by atoms with Gasteiger partial charge in [0.25, 0.3) is 5.91 Å². The Labute approximate surface area is 138 Å². The summed E-state index contributed by atoms with van der Waals surface area (Å²) in [5.74, 6) is 1.31. The van der Waals surface area contributed by atoms with E-state index < -0.39 is 0 Å². The number of nitrogens with one attached hydrogen (secondary N) is 2. The maximum atomic E-state index is 12.3. The molecular weight excluding hydrogens is 286 g/mol. The lowest BCUT2D eigenvalue weighted by Crippen LogP contribution is -2.23. The Morgan fingerprint density at radius 3 is 2.74 bits per heavy atom. The van der Waals surface area contributed by atoms with Gasteiger partial charge in [-0.25, -0.2) is 4.98 Å². The predicted octanol–water partition coefficient (Wildman–Crippen LogP) is 3.78. The number of hydrogen-bond acceptors (Lipinski definition) is 3. The van der Waals surface area contributed by atoms with Crippen LogP contribution in [0.3, 0.4) is 0 Å². The summed E-state index contributed by atoms with van der Waals surface area (Å²) < 4.78 is 0. The van der Waals surface area contributed by atoms with E-state index in [1.54, 1.807) is 18.3 Å². The standard InChI is InChI=1S/C19H25N3O/c1-14(2)8-10-20-18-12-16(9-11-21-18)19(23)22-13-17-7-5-4-6-15(17)3/h4-7,9,11-12,14H,8,10,13H2,1-3H3,(H,20,21)(H,22,23). The van der Waals surface area contributed by atoms with Crippen molar-refractivity contribution < 1.29 is 4.79 Å². The Kier molecular flexibility index (Phi) is 6.15. The molecule has 122 valence electrons. The topological polar surface area (TPSA) is 54.0 Å². The molecule has 0 saturated heterocycles. The van der Waals surface area contributed by atoms with Crippen molar-refractivity contribution in [3.8, 4) is 0 Å². The molecule has 4 heteroatoms. The van der Waals surface area contributed by atoms with Crippen LogP contribution in [0, 0.1) is 12.8 Å². The highest BCUT2D eigenvalue weighted by Gasteiger charge is 2.07. The minimum atomic E-state index is -0.0810. The minimum Gasteiger partial charge on any atom is -0.370 e. The summed E-state index contributed by atoms with van der Waals surface area (Å²) in [6, 6.07) is 11.6. The number of amides is 1. The van der Waals surface area contributed by atoms with Crippen LogP contribution in [-0.4, -0.2) is 17.4 Å². The van der Waals surface area contributed by atoms with Crippen molar-refractivity contribution in [1.29, 1.82) is 0 Å². The largest absolute Gasteiger partial charge is 0.370 e. The number of benzene rings is 1. The maximum absolute atomic E-state index is 12.3. The summed E-state index contributed by atoms with van der Waals surface area (Å²) >= 11 is 0. The molecule has 0 atom stereocenters. The van der Waals surface area contributed by atoms with Crippen LogP contribution in [0.5, 0.6) is 0 Å². The van der Waals surface area contributed by atoms with E-state index in [4.69, 9.17) is 0 Å². The zero-order chi connectivity index (χ0) is 16.7. The van der Waals surface area contributed by atoms with Gasteiger partial charge in [0.2, 0.25) is 0 Å². The first-order valence-corrected chi connectivity index (χ1v) is 8.09. The van der Waals surface area contributed by atoms with Gasteiger partial charge in [-0.15, -0.1) is 0 Å². The first kappa shape index (κ1) is 17.0. The monoisotopic (exact) mass is 311 g/mol. The molecule has 0 fully saturated rings. The summed E-state index contributed by atoms with van der Waals surface area (Å²) in [7, 11) is 0. The van der Waals surface area contributed by atoms with Crippen LogP contribution in [-0.2, 0) is 6.54 Å². The van der Waals surface area contributed by atoms with E-state index in [-0.39, 0.29) is 5.91 Å². The van der Waals surface area contributed by atoms with Crippen LogP contribution in [0.2, 0.25) is 0 Å². The smallest absolute Gasteiger partial charge is 0.251 e. The number of hydrogen-bond donors (Lipinski definition) is 2. The molecule has 4 nitrogen and oxygen atoms in total. The fourth-order valence-electron chi connectivity index (χ4n) is 2.24. The van der Waals surface area contributed by atoms with E-state index in [2.05, 4.69) is 29.5 Å². The molecule has 1 amide bonds. The molecule has 0 unspecified atom stereocenters. The number of aryl methyl sites for hydroxylation is 1. The van der Waals surface area contributed by atoms with Gasteiger partial charge in [-0.05, 0) is 42.5 Å². The number of carbonyl (C=O) groups is 1. The van der Waals surface area contributed by atoms with Crippen LogP contribution in [0.1, 0.15) is 41.8 Å². The summed E-state index contributed by atoms with van der Waals surface area (Å²) in [4.78, 5) is 16.6. The maximum Gasteiger partial charge on any atom is 0.251 e. The van der Waals surface area contributed by atoms with Gasteiger partial charge in [-0.1, -0.05) is 38.1 Å². The zero-order valence-electron chi connectivity index (χ0n) is 14.1. The van der Waals surface area contributed by atoms with Gasteiger partial charge in [-0.3, -0.25) is 4.79 Å². The van der Waals surface area contributed by atoms with Gasteiger partial charge in [0.05, 0.1) is 0 Å². The number of rotatable bonds is 7. The molecular formula is C19H25N3O. The van der Waals surface area contributed by atoms with E-state index in [1.807, 2.05) is 31.2 Å². The molecule has 23 heavy (non-hydrogen) atoms. The van der Waals surface area contributed by atoms with E-state index in [9.17, 15) is 4.79 Å². The highest BCUT2D eigenvalue weighted by Crippen LogP contribution is 2.10. The van der Waals surface area contributed by atoms with Crippen molar-refractivity contribution in [2.24, 2.45) is 5.92 Å². The average Bonchev–Trinajstić information content (AvgIpc) is 2.54. The third-order valence-electron chi connectivity index (χ3n) is 3.75. The SMILES string of the molecule is Cc1ccccc1CNC(=O)c1ccnc(NCCC(C)C)c1. The molecule has 0 aliphatic rings. The fraction of sp³-hybridized carbons (Fsp3) is 0.368. The van der Waals surface area contributed by atoms with Crippen molar-refractivity contribution >= 4 is 11.7 Å². The average molecular weight is 311 g/mol. The lowest BCUT2D eigenvalue weighted by molar-refractivity contribution is 0.0951. The van der Waals surface area contributed by atoms with Gasteiger partial charge in [0.15, 0.2) is 0 Å². The van der Waals surface area contributed by atoms with Crippen LogP contribution < -0.4 is 10.6 Å². The third-order valence-corrected chi connectivity index (χ3v) is 3.75. The van der Waals surface area contributed by atoms with Crippen LogP contribution in [0.15, 0.2) is 42.6 Å². The van der Waals surface area contributed by atoms with E-state index in [0.29, 0.717) is 18.0 Å². The molecule has 1 heterocycles. The summed E-state index contributed by atoms with van der Waals surface area (Å²) in [5, 5.41) is 6.23. The number of carbonyl (C=O) groups excluding carboxylic acids is 1. The van der Waals surface area contributed by atoms with Gasteiger partial charge < -0.3 is 10.6 Å². The van der Waals surface area contributed by atoms with Crippen molar-refractivity contribution in [1.82, 2.24) is 10.3 Å². The van der Waals surface area contributed by atoms with Gasteiger partial charge in [0, 0.05) is 24.8 Å². The number of anilines is 1. The molecule has 1 aromatic heterocycles. The van der Waals surface area contributed by atoms with Gasteiger partial charge in [0.1, 0.15) is 5.82 Å². The second kappa shape index (κ2) is 8.32. The lowest BCUT2D eigenvalue weighted by atomic mass is 10.1. The molecule has 2 rings (SSSR count). The minimum absolute atomic E-state index is 0.0810. The molecule has 2 aromatic rings. The normalized spacial score (nSPS) is 10.6. The van der Waals surface area contributed by atoms with Crippen molar-refractivity contribution in [2.45, 2.75) is 33.7 Å². The Morgan fingerprint density at radius 1 is 1.22 bits per heavy atom. The van der Waals surface area contributed by atoms with Crippen molar-refractivity contribution in [3.63, 3.8) is 0 Å². The zero-order valence-corrected chi connectivity index (χ0v) is 14.1. The lowest BCUT2D eigenvalue weighted by Gasteiger charge is -2.10. The number of nitrogens with zero attached hydrogens (tertiary/aromatic N) is 1. The first-order valence-electron chi connectivity index (χ1n) is 8.09. The molecule has 0 saturated carbocycles. The highest BCUT2D eigenvalue weighted by atomic mass is 16.1. The summed E-state index contributed by atoms with van der Waals surface area (Å²) in [5.41, 5.74) is 2.93. The van der Waals surface area contributed by atoms with E-state index >= 15 is 0 Å². The molecule has 0 aliphatic carbocycles. The quantitative estimate of drug-likeness (QED) is 0.818. The summed E-state index contributed by atoms with van der Waals surface area (Å²) in [6.07, 6.45) is 2.74. The molecule has 2 N–H and O–H groups in total. The second-order valence-electron chi connectivity index (χ2n) is 6.15. The van der Waals surface area contributed by atoms with Crippen LogP contribution in [0.4, 0.5) is 5.82 Å². The number of aromatic nitrogens is 1. The van der Waals surface area contributed by atoms with Crippen LogP contribution >= 0.6 is 0 Å². The Hall–Kier alpha value is -2.36. The fourth-order valence-corrected chi connectivity index (χ4v) is 2.24. The molecule has 1 aromatic carbocycles.